The Labute approximate surface area is 208 Å². The molecule has 3 aromatic rings. The number of hydrogen-bond acceptors (Lipinski definition) is 9. The standard InChI is InChI=1S/C25H29F2N7O2/c1-24-8-5-9-25(2,33-24)21(27)17(11-24)34(3)19-13-28-22(32-31-19)15-7-6-14(10-18(15)35)20-16(26)12-29-23(30-20)36-4/h6-7,10,12-13,17,21,33,35H,5,8-9,11H2,1-4H3/t17-,21-,24-,25+/m1/s1. The number of aromatic nitrogens is 5. The Bertz CT molecular complexity index is 1280. The third-order valence-corrected chi connectivity index (χ3v) is 7.44. The molecule has 0 radical (unpaired) electrons. The molecule has 5 rings (SSSR count). The van der Waals surface area contributed by atoms with Crippen molar-refractivity contribution in [3.63, 3.8) is 0 Å². The summed E-state index contributed by atoms with van der Waals surface area (Å²) in [6.45, 7) is 4.11. The summed E-state index contributed by atoms with van der Waals surface area (Å²) >= 11 is 0. The third kappa shape index (κ3) is 4.21. The van der Waals surface area contributed by atoms with Crippen molar-refractivity contribution >= 4 is 5.82 Å². The molecule has 11 heteroatoms. The maximum absolute atomic E-state index is 15.6. The van der Waals surface area contributed by atoms with Crippen LogP contribution in [0.1, 0.15) is 39.5 Å². The number of phenolic OH excluding ortho intramolecular Hbond substituents is 1. The van der Waals surface area contributed by atoms with E-state index in [0.717, 1.165) is 25.5 Å². The summed E-state index contributed by atoms with van der Waals surface area (Å²) in [5, 5.41) is 22.6. The van der Waals surface area contributed by atoms with E-state index in [-0.39, 0.29) is 34.9 Å². The molecular weight excluding hydrogens is 468 g/mol. The van der Waals surface area contributed by atoms with E-state index in [1.807, 2.05) is 18.9 Å². The molecule has 2 N–H and O–H groups in total. The molecule has 2 aliphatic heterocycles. The summed E-state index contributed by atoms with van der Waals surface area (Å²) < 4.78 is 34.8. The normalized spacial score (nSPS) is 27.5. The second kappa shape index (κ2) is 8.88. The fourth-order valence-corrected chi connectivity index (χ4v) is 5.59. The number of piperidine rings is 2. The molecule has 2 aromatic heterocycles. The maximum Gasteiger partial charge on any atom is 0.316 e. The number of rotatable bonds is 5. The summed E-state index contributed by atoms with van der Waals surface area (Å²) in [5.41, 5.74) is -0.0516. The van der Waals surface area contributed by atoms with Crippen molar-refractivity contribution in [1.82, 2.24) is 30.5 Å². The van der Waals surface area contributed by atoms with Crippen LogP contribution in [-0.2, 0) is 0 Å². The van der Waals surface area contributed by atoms with Gasteiger partial charge < -0.3 is 20.1 Å². The zero-order chi connectivity index (χ0) is 25.7. The number of anilines is 1. The lowest BCUT2D eigenvalue weighted by atomic mass is 9.68. The summed E-state index contributed by atoms with van der Waals surface area (Å²) in [4.78, 5) is 13.9. The molecule has 2 bridgehead atoms. The molecule has 9 nitrogen and oxygen atoms in total. The number of halogens is 2. The molecule has 1 aromatic carbocycles. The number of aromatic hydroxyl groups is 1. The van der Waals surface area contributed by atoms with Gasteiger partial charge in [-0.2, -0.15) is 4.98 Å². The lowest BCUT2D eigenvalue weighted by Gasteiger charge is -2.56. The highest BCUT2D eigenvalue weighted by Gasteiger charge is 2.53. The van der Waals surface area contributed by atoms with Crippen LogP contribution in [0.5, 0.6) is 11.8 Å². The summed E-state index contributed by atoms with van der Waals surface area (Å²) in [6, 6.07) is 4.17. The Balaban J connectivity index is 1.38. The number of alkyl halides is 1. The van der Waals surface area contributed by atoms with Gasteiger partial charge in [-0.05, 0) is 51.7 Å². The molecule has 0 unspecified atom stereocenters. The zero-order valence-corrected chi connectivity index (χ0v) is 20.7. The molecule has 36 heavy (non-hydrogen) atoms. The number of fused-ring (bicyclic) bond motifs is 2. The molecule has 190 valence electrons. The lowest BCUT2D eigenvalue weighted by Crippen LogP contribution is -2.72. The Morgan fingerprint density at radius 1 is 1.17 bits per heavy atom. The Kier molecular flexibility index (Phi) is 5.98. The van der Waals surface area contributed by atoms with Gasteiger partial charge in [0.1, 0.15) is 17.6 Å². The molecule has 2 aliphatic rings. The molecule has 0 spiro atoms. The SMILES string of the molecule is COc1ncc(F)c(-c2ccc(-c3ncc(N(C)[C@@H]4C[C@@]5(C)CCC[C@](C)(N5)[C@@H]4F)nn3)c(O)c2)n1. The van der Waals surface area contributed by atoms with Crippen LogP contribution in [0.25, 0.3) is 22.6 Å². The van der Waals surface area contributed by atoms with Gasteiger partial charge in [-0.3, -0.25) is 0 Å². The van der Waals surface area contributed by atoms with Crippen molar-refractivity contribution in [2.24, 2.45) is 0 Å². The molecule has 2 fully saturated rings. The van der Waals surface area contributed by atoms with E-state index in [1.54, 1.807) is 12.1 Å². The first-order chi connectivity index (χ1) is 17.1. The molecule has 0 saturated carbocycles. The van der Waals surface area contributed by atoms with Gasteiger partial charge in [0.05, 0.1) is 31.1 Å². The van der Waals surface area contributed by atoms with Gasteiger partial charge in [-0.25, -0.2) is 18.7 Å². The lowest BCUT2D eigenvalue weighted by molar-refractivity contribution is 0.00193. The van der Waals surface area contributed by atoms with E-state index < -0.39 is 17.5 Å². The number of nitrogens with one attached hydrogen (secondary N) is 1. The number of phenols is 1. The smallest absolute Gasteiger partial charge is 0.316 e. The van der Waals surface area contributed by atoms with Crippen molar-refractivity contribution in [1.29, 1.82) is 0 Å². The minimum absolute atomic E-state index is 0.00498. The van der Waals surface area contributed by atoms with Crippen LogP contribution in [0.3, 0.4) is 0 Å². The predicted molar refractivity (Wildman–Crippen MR) is 130 cm³/mol. The third-order valence-electron chi connectivity index (χ3n) is 7.44. The van der Waals surface area contributed by atoms with Crippen LogP contribution in [0.4, 0.5) is 14.6 Å². The Morgan fingerprint density at radius 2 is 1.97 bits per heavy atom. The van der Waals surface area contributed by atoms with E-state index in [4.69, 9.17) is 4.74 Å². The second-order valence-corrected chi connectivity index (χ2v) is 10.2. The van der Waals surface area contributed by atoms with Crippen LogP contribution in [0.15, 0.2) is 30.6 Å². The average molecular weight is 498 g/mol. The van der Waals surface area contributed by atoms with E-state index in [1.165, 1.54) is 19.4 Å². The first kappa shape index (κ1) is 24.2. The van der Waals surface area contributed by atoms with Gasteiger partial charge in [0.25, 0.3) is 0 Å². The molecule has 0 amide bonds. The van der Waals surface area contributed by atoms with Gasteiger partial charge in [0.2, 0.25) is 0 Å². The predicted octanol–water partition coefficient (Wildman–Crippen LogP) is 3.69. The van der Waals surface area contributed by atoms with Crippen LogP contribution in [0.2, 0.25) is 0 Å². The van der Waals surface area contributed by atoms with Crippen LogP contribution in [0, 0.1) is 5.82 Å². The molecule has 0 aliphatic carbocycles. The number of ether oxygens (including phenoxy) is 1. The van der Waals surface area contributed by atoms with Gasteiger partial charge >= 0.3 is 6.01 Å². The molecule has 4 atom stereocenters. The number of hydrogen-bond donors (Lipinski definition) is 2. The minimum Gasteiger partial charge on any atom is -0.507 e. The van der Waals surface area contributed by atoms with Crippen LogP contribution < -0.4 is 15.0 Å². The van der Waals surface area contributed by atoms with Crippen LogP contribution in [-0.4, -0.2) is 67.7 Å². The van der Waals surface area contributed by atoms with Crippen LogP contribution >= 0.6 is 0 Å². The largest absolute Gasteiger partial charge is 0.507 e. The number of methoxy groups -OCH3 is 1. The highest BCUT2D eigenvalue weighted by atomic mass is 19.1. The van der Waals surface area contributed by atoms with Gasteiger partial charge in [0.15, 0.2) is 17.5 Å². The Morgan fingerprint density at radius 3 is 2.67 bits per heavy atom. The average Bonchev–Trinajstić information content (AvgIpc) is 2.86. The topological polar surface area (TPSA) is 109 Å². The fraction of sp³-hybridized carbons (Fsp3) is 0.480. The highest BCUT2D eigenvalue weighted by Crippen LogP contribution is 2.43. The quantitative estimate of drug-likeness (QED) is 0.545. The first-order valence-electron chi connectivity index (χ1n) is 11.9. The van der Waals surface area contributed by atoms with Gasteiger partial charge in [0, 0.05) is 23.7 Å². The van der Waals surface area contributed by atoms with E-state index in [0.29, 0.717) is 23.4 Å². The zero-order valence-electron chi connectivity index (χ0n) is 20.7. The minimum atomic E-state index is -1.07. The van der Waals surface area contributed by atoms with Crippen molar-refractivity contribution in [2.45, 2.75) is 62.8 Å². The van der Waals surface area contributed by atoms with E-state index in [2.05, 4.69) is 37.4 Å². The molecular formula is C25H29F2N7O2. The van der Waals surface area contributed by atoms with E-state index in [9.17, 15) is 9.50 Å². The van der Waals surface area contributed by atoms with Crippen molar-refractivity contribution < 1.29 is 18.6 Å². The highest BCUT2D eigenvalue weighted by molar-refractivity contribution is 5.71. The maximum atomic E-state index is 15.6. The Hall–Kier alpha value is -3.47. The van der Waals surface area contributed by atoms with Crippen molar-refractivity contribution in [2.75, 3.05) is 19.1 Å². The van der Waals surface area contributed by atoms with Crippen molar-refractivity contribution in [3.8, 4) is 34.4 Å². The summed E-state index contributed by atoms with van der Waals surface area (Å²) in [7, 11) is 3.20. The monoisotopic (exact) mass is 497 g/mol. The summed E-state index contributed by atoms with van der Waals surface area (Å²) in [5.74, 6) is -0.174. The second-order valence-electron chi connectivity index (χ2n) is 10.2. The summed E-state index contributed by atoms with van der Waals surface area (Å²) in [6.07, 6.45) is 4.91. The fourth-order valence-electron chi connectivity index (χ4n) is 5.59. The van der Waals surface area contributed by atoms with Gasteiger partial charge in [-0.15, -0.1) is 10.2 Å². The molecule has 4 heterocycles. The first-order valence-corrected chi connectivity index (χ1v) is 11.9. The van der Waals surface area contributed by atoms with Crippen molar-refractivity contribution in [3.05, 3.63) is 36.4 Å². The van der Waals surface area contributed by atoms with Gasteiger partial charge in [-0.1, -0.05) is 6.07 Å². The van der Waals surface area contributed by atoms with E-state index >= 15 is 4.39 Å². The number of nitrogens with zero attached hydrogens (tertiary/aromatic N) is 6. The molecule has 2 saturated heterocycles. The number of benzene rings is 1.